The van der Waals surface area contributed by atoms with Crippen molar-refractivity contribution < 1.29 is 19.1 Å². The van der Waals surface area contributed by atoms with Crippen molar-refractivity contribution in [3.63, 3.8) is 0 Å². The van der Waals surface area contributed by atoms with Crippen molar-refractivity contribution in [2.75, 3.05) is 6.54 Å². The Bertz CT molecular complexity index is 879. The first-order valence-corrected chi connectivity index (χ1v) is 6.99. The summed E-state index contributed by atoms with van der Waals surface area (Å²) >= 11 is 0. The van der Waals surface area contributed by atoms with Gasteiger partial charge in [-0.1, -0.05) is 36.4 Å². The molecule has 5 nitrogen and oxygen atoms in total. The number of fused-ring (bicyclic) bond motifs is 3. The normalized spacial score (nSPS) is 11.0. The monoisotopic (exact) mass is 297 g/mol. The number of aliphatic carboxylic acids is 1. The van der Waals surface area contributed by atoms with Crippen LogP contribution in [-0.4, -0.2) is 23.5 Å². The minimum Gasteiger partial charge on any atom is -0.481 e. The smallest absolute Gasteiger partial charge is 0.305 e. The Labute approximate surface area is 126 Å². The number of hydrogen-bond donors (Lipinski definition) is 2. The van der Waals surface area contributed by atoms with Gasteiger partial charge in [0.2, 0.25) is 0 Å². The molecule has 22 heavy (non-hydrogen) atoms. The van der Waals surface area contributed by atoms with E-state index in [0.717, 1.165) is 21.7 Å². The maximum atomic E-state index is 12.2. The number of rotatable bonds is 4. The van der Waals surface area contributed by atoms with Gasteiger partial charge >= 0.3 is 5.97 Å². The lowest BCUT2D eigenvalue weighted by Gasteiger charge is -2.01. The molecule has 112 valence electrons. The van der Waals surface area contributed by atoms with E-state index in [1.54, 1.807) is 0 Å². The summed E-state index contributed by atoms with van der Waals surface area (Å²) in [5.41, 5.74) is 1.44. The second-order valence-electron chi connectivity index (χ2n) is 5.12. The molecule has 1 aromatic heterocycles. The molecule has 3 aromatic rings. The molecule has 3 rings (SSSR count). The molecule has 0 saturated heterocycles. The van der Waals surface area contributed by atoms with Crippen LogP contribution in [0.2, 0.25) is 0 Å². The maximum Gasteiger partial charge on any atom is 0.305 e. The molecular formula is C17H15NO4. The van der Waals surface area contributed by atoms with E-state index in [-0.39, 0.29) is 24.6 Å². The number of benzene rings is 2. The van der Waals surface area contributed by atoms with Gasteiger partial charge in [0.05, 0.1) is 6.42 Å². The molecule has 0 fully saturated rings. The highest BCUT2D eigenvalue weighted by Crippen LogP contribution is 2.31. The lowest BCUT2D eigenvalue weighted by molar-refractivity contribution is -0.136. The predicted octanol–water partition coefficient (Wildman–Crippen LogP) is 3.10. The van der Waals surface area contributed by atoms with Crippen LogP contribution in [0.15, 0.2) is 40.8 Å². The number of carboxylic acid groups (broad SMARTS) is 1. The molecule has 1 amide bonds. The second-order valence-corrected chi connectivity index (χ2v) is 5.12. The second kappa shape index (κ2) is 5.52. The van der Waals surface area contributed by atoms with E-state index in [1.807, 2.05) is 43.3 Å². The SMILES string of the molecule is Cc1c(C(=O)NCCC(=O)O)oc2c1ccc1ccccc12. The Morgan fingerprint density at radius 1 is 1.14 bits per heavy atom. The quantitative estimate of drug-likeness (QED) is 0.775. The third kappa shape index (κ3) is 2.41. The Balaban J connectivity index is 2.00. The van der Waals surface area contributed by atoms with Gasteiger partial charge in [-0.05, 0) is 12.3 Å². The molecule has 0 aliphatic carbocycles. The number of hydrogen-bond acceptors (Lipinski definition) is 3. The highest BCUT2D eigenvalue weighted by Gasteiger charge is 2.18. The number of carbonyl (C=O) groups is 2. The summed E-state index contributed by atoms with van der Waals surface area (Å²) in [5, 5.41) is 14.1. The lowest BCUT2D eigenvalue weighted by Crippen LogP contribution is -2.26. The van der Waals surface area contributed by atoms with Crippen molar-refractivity contribution in [3.05, 3.63) is 47.7 Å². The van der Waals surface area contributed by atoms with Crippen LogP contribution in [0, 0.1) is 6.92 Å². The molecule has 0 bridgehead atoms. The molecule has 0 atom stereocenters. The van der Waals surface area contributed by atoms with Crippen molar-refractivity contribution in [1.82, 2.24) is 5.32 Å². The van der Waals surface area contributed by atoms with Crippen LogP contribution in [-0.2, 0) is 4.79 Å². The summed E-state index contributed by atoms with van der Waals surface area (Å²) in [5.74, 6) is -1.11. The van der Waals surface area contributed by atoms with Gasteiger partial charge in [0.15, 0.2) is 5.76 Å². The van der Waals surface area contributed by atoms with Crippen LogP contribution in [0.1, 0.15) is 22.5 Å². The van der Waals surface area contributed by atoms with Crippen molar-refractivity contribution >= 4 is 33.6 Å². The van der Waals surface area contributed by atoms with E-state index in [2.05, 4.69) is 5.32 Å². The van der Waals surface area contributed by atoms with E-state index in [9.17, 15) is 9.59 Å². The zero-order valence-electron chi connectivity index (χ0n) is 12.1. The molecule has 0 unspecified atom stereocenters. The fourth-order valence-electron chi connectivity index (χ4n) is 2.53. The number of amides is 1. The lowest BCUT2D eigenvalue weighted by atomic mass is 10.1. The fraction of sp³-hybridized carbons (Fsp3) is 0.176. The van der Waals surface area contributed by atoms with E-state index in [4.69, 9.17) is 9.52 Å². The first kappa shape index (κ1) is 14.1. The van der Waals surface area contributed by atoms with Gasteiger partial charge in [-0.2, -0.15) is 0 Å². The van der Waals surface area contributed by atoms with Gasteiger partial charge in [-0.15, -0.1) is 0 Å². The number of carboxylic acids is 1. The summed E-state index contributed by atoms with van der Waals surface area (Å²) in [6.45, 7) is 1.90. The molecule has 1 heterocycles. The molecule has 0 radical (unpaired) electrons. The number of nitrogens with one attached hydrogen (secondary N) is 1. The average molecular weight is 297 g/mol. The van der Waals surface area contributed by atoms with Gasteiger partial charge in [0.25, 0.3) is 5.91 Å². The average Bonchev–Trinajstić information content (AvgIpc) is 2.84. The summed E-state index contributed by atoms with van der Waals surface area (Å²) in [6.07, 6.45) is -0.117. The van der Waals surface area contributed by atoms with Crippen LogP contribution < -0.4 is 5.32 Å². The van der Waals surface area contributed by atoms with Crippen LogP contribution in [0.3, 0.4) is 0 Å². The summed E-state index contributed by atoms with van der Waals surface area (Å²) in [4.78, 5) is 22.7. The highest BCUT2D eigenvalue weighted by molar-refractivity contribution is 6.08. The van der Waals surface area contributed by atoms with E-state index < -0.39 is 5.97 Å². The van der Waals surface area contributed by atoms with Crippen LogP contribution in [0.25, 0.3) is 21.7 Å². The summed E-state index contributed by atoms with van der Waals surface area (Å²) < 4.78 is 5.77. The highest BCUT2D eigenvalue weighted by atomic mass is 16.4. The first-order valence-electron chi connectivity index (χ1n) is 6.99. The van der Waals surface area contributed by atoms with Gasteiger partial charge in [0, 0.05) is 22.9 Å². The Kier molecular flexibility index (Phi) is 3.55. The Hall–Kier alpha value is -2.82. The maximum absolute atomic E-state index is 12.2. The largest absolute Gasteiger partial charge is 0.481 e. The molecule has 0 spiro atoms. The van der Waals surface area contributed by atoms with Gasteiger partial charge in [0.1, 0.15) is 5.58 Å². The number of aryl methyl sites for hydroxylation is 1. The van der Waals surface area contributed by atoms with Gasteiger partial charge in [-0.3, -0.25) is 9.59 Å². The van der Waals surface area contributed by atoms with Crippen LogP contribution in [0.5, 0.6) is 0 Å². The zero-order chi connectivity index (χ0) is 15.7. The third-order valence-electron chi connectivity index (χ3n) is 3.66. The van der Waals surface area contributed by atoms with Crippen LogP contribution in [0.4, 0.5) is 0 Å². The Morgan fingerprint density at radius 3 is 2.68 bits per heavy atom. The molecular weight excluding hydrogens is 282 g/mol. The predicted molar refractivity (Wildman–Crippen MR) is 83.0 cm³/mol. The first-order chi connectivity index (χ1) is 10.6. The van der Waals surface area contributed by atoms with E-state index >= 15 is 0 Å². The Morgan fingerprint density at radius 2 is 1.91 bits per heavy atom. The molecule has 0 saturated carbocycles. The van der Waals surface area contributed by atoms with Crippen molar-refractivity contribution in [2.45, 2.75) is 13.3 Å². The van der Waals surface area contributed by atoms with Crippen LogP contribution >= 0.6 is 0 Å². The number of furan rings is 1. The number of carbonyl (C=O) groups excluding carboxylic acids is 1. The fourth-order valence-corrected chi connectivity index (χ4v) is 2.53. The molecule has 2 N–H and O–H groups in total. The zero-order valence-corrected chi connectivity index (χ0v) is 12.1. The van der Waals surface area contributed by atoms with Gasteiger partial charge in [-0.25, -0.2) is 0 Å². The van der Waals surface area contributed by atoms with Crippen molar-refractivity contribution in [1.29, 1.82) is 0 Å². The van der Waals surface area contributed by atoms with Gasteiger partial charge < -0.3 is 14.8 Å². The van der Waals surface area contributed by atoms with E-state index in [0.29, 0.717) is 5.58 Å². The topological polar surface area (TPSA) is 79.5 Å². The molecule has 5 heteroatoms. The van der Waals surface area contributed by atoms with E-state index in [1.165, 1.54) is 0 Å². The molecule has 0 aliphatic rings. The minimum atomic E-state index is -0.951. The summed E-state index contributed by atoms with van der Waals surface area (Å²) in [7, 11) is 0. The third-order valence-corrected chi connectivity index (χ3v) is 3.66. The van der Waals surface area contributed by atoms with Crippen molar-refractivity contribution in [2.24, 2.45) is 0 Å². The van der Waals surface area contributed by atoms with Crippen molar-refractivity contribution in [3.8, 4) is 0 Å². The summed E-state index contributed by atoms with van der Waals surface area (Å²) in [6, 6.07) is 11.7. The minimum absolute atomic E-state index is 0.0748. The standard InChI is InChI=1S/C17H15NO4/c1-10-12-7-6-11-4-2-3-5-13(11)16(12)22-15(10)17(21)18-9-8-14(19)20/h2-7H,8-9H2,1H3,(H,18,21)(H,19,20). The molecule has 2 aromatic carbocycles. The molecule has 0 aliphatic heterocycles.